The standard InChI is InChI=1S/C27H14F17NO3S/c28-20(29)22(32,33)23(34,35)21(30,31)19(45-48-49(46,47)27(43,44)25(38,39)24(36,37)26(40,41)42)18-12-10-17(11-13-18)16-8-6-15(7-9-16)14-4-2-1-3-5-14/h1-13,20H/b45-19-. The van der Waals surface area contributed by atoms with Crippen LogP contribution in [0.2, 0.25) is 0 Å². The lowest BCUT2D eigenvalue weighted by molar-refractivity contribution is -0.382. The van der Waals surface area contributed by atoms with Crippen LogP contribution in [0.4, 0.5) is 74.6 Å². The Morgan fingerprint density at radius 3 is 1.33 bits per heavy atom. The van der Waals surface area contributed by atoms with Crippen LogP contribution >= 0.6 is 0 Å². The maximum absolute atomic E-state index is 14.9. The summed E-state index contributed by atoms with van der Waals surface area (Å²) in [5.74, 6) is -37.2. The molecule has 4 nitrogen and oxygen atoms in total. The van der Waals surface area contributed by atoms with E-state index >= 15 is 0 Å². The summed E-state index contributed by atoms with van der Waals surface area (Å²) in [5.41, 5.74) is -3.48. The van der Waals surface area contributed by atoms with Crippen LogP contribution in [-0.2, 0) is 14.4 Å². The topological polar surface area (TPSA) is 55.7 Å². The summed E-state index contributed by atoms with van der Waals surface area (Å²) in [7, 11) is -8.16. The van der Waals surface area contributed by atoms with Crippen molar-refractivity contribution in [3.05, 3.63) is 84.4 Å². The number of benzene rings is 3. The zero-order chi connectivity index (χ0) is 37.6. The van der Waals surface area contributed by atoms with Gasteiger partial charge in [-0.25, -0.2) is 8.78 Å². The van der Waals surface area contributed by atoms with E-state index in [-0.39, 0.29) is 23.3 Å². The van der Waals surface area contributed by atoms with E-state index in [9.17, 15) is 83.1 Å². The van der Waals surface area contributed by atoms with E-state index < -0.39 is 68.9 Å². The van der Waals surface area contributed by atoms with Crippen molar-refractivity contribution in [3.63, 3.8) is 0 Å². The van der Waals surface area contributed by atoms with Gasteiger partial charge in [0.1, 0.15) is 0 Å². The Bertz CT molecular complexity index is 1760. The quantitative estimate of drug-likeness (QED) is 0.105. The molecule has 0 bridgehead atoms. The Morgan fingerprint density at radius 1 is 0.551 bits per heavy atom. The van der Waals surface area contributed by atoms with Gasteiger partial charge in [0, 0.05) is 5.56 Å². The molecule has 270 valence electrons. The van der Waals surface area contributed by atoms with Gasteiger partial charge in [-0.2, -0.15) is 74.3 Å². The van der Waals surface area contributed by atoms with Crippen LogP contribution in [0.5, 0.6) is 0 Å². The number of oxime groups is 1. The lowest BCUT2D eigenvalue weighted by atomic mass is 9.93. The fourth-order valence-electron chi connectivity index (χ4n) is 3.74. The number of alkyl halides is 17. The highest BCUT2D eigenvalue weighted by atomic mass is 32.2. The smallest absolute Gasteiger partial charge is 0.263 e. The minimum Gasteiger partial charge on any atom is -0.263 e. The predicted molar refractivity (Wildman–Crippen MR) is 136 cm³/mol. The fraction of sp³-hybridized carbons (Fsp3) is 0.296. The van der Waals surface area contributed by atoms with E-state index in [0.29, 0.717) is 17.7 Å². The summed E-state index contributed by atoms with van der Waals surface area (Å²) < 4.78 is 256. The van der Waals surface area contributed by atoms with Gasteiger partial charge in [-0.1, -0.05) is 84.0 Å². The van der Waals surface area contributed by atoms with Crippen molar-refractivity contribution in [1.82, 2.24) is 0 Å². The molecule has 0 aliphatic rings. The summed E-state index contributed by atoms with van der Waals surface area (Å²) >= 11 is 0. The van der Waals surface area contributed by atoms with E-state index in [0.717, 1.165) is 5.56 Å². The lowest BCUT2D eigenvalue weighted by Crippen LogP contribution is -2.63. The molecule has 3 aromatic carbocycles. The molecule has 0 aliphatic heterocycles. The van der Waals surface area contributed by atoms with Gasteiger partial charge >= 0.3 is 57.6 Å². The molecule has 0 atom stereocenters. The molecule has 0 radical (unpaired) electrons. The highest BCUT2D eigenvalue weighted by Crippen LogP contribution is 2.55. The fourth-order valence-corrected chi connectivity index (χ4v) is 4.45. The molecular formula is C27H14F17NO3S. The molecule has 49 heavy (non-hydrogen) atoms. The minimum atomic E-state index is -8.16. The summed E-state index contributed by atoms with van der Waals surface area (Å²) in [5, 5.41) is -6.23. The van der Waals surface area contributed by atoms with Crippen LogP contribution < -0.4 is 0 Å². The minimum absolute atomic E-state index is 0.0372. The first-order chi connectivity index (χ1) is 22.1. The molecule has 0 spiro atoms. The van der Waals surface area contributed by atoms with Crippen molar-refractivity contribution in [3.8, 4) is 22.3 Å². The SMILES string of the molecule is O=S(=O)(O/N=C(/c1ccc(-c2ccc(-c3ccccc3)cc2)cc1)C(F)(F)C(F)(F)C(F)(F)C(F)F)C(F)(F)C(F)(F)C(F)(F)C(F)(F)F. The largest absolute Gasteiger partial charge is 0.460 e. The molecule has 0 unspecified atom stereocenters. The van der Waals surface area contributed by atoms with Gasteiger partial charge in [-0.05, 0) is 22.3 Å². The Morgan fingerprint density at radius 2 is 0.939 bits per heavy atom. The van der Waals surface area contributed by atoms with Crippen LogP contribution in [0.15, 0.2) is 84.0 Å². The normalized spacial score (nSPS) is 14.7. The second kappa shape index (κ2) is 12.7. The highest BCUT2D eigenvalue weighted by Gasteiger charge is 2.86. The Hall–Kier alpha value is -4.11. The number of halogens is 17. The van der Waals surface area contributed by atoms with Crippen LogP contribution in [0.3, 0.4) is 0 Å². The molecule has 0 aromatic heterocycles. The van der Waals surface area contributed by atoms with Gasteiger partial charge in [0.05, 0.1) is 0 Å². The zero-order valence-corrected chi connectivity index (χ0v) is 23.9. The molecule has 0 saturated heterocycles. The Labute approximate surface area is 262 Å². The molecule has 3 rings (SSSR count). The Balaban J connectivity index is 2.15. The van der Waals surface area contributed by atoms with Crippen molar-refractivity contribution in [1.29, 1.82) is 0 Å². The average Bonchev–Trinajstić information content (AvgIpc) is 3.00. The van der Waals surface area contributed by atoms with E-state index in [1.165, 1.54) is 29.4 Å². The monoisotopic (exact) mass is 755 g/mol. The number of nitrogens with zero attached hydrogens (tertiary/aromatic N) is 1. The van der Waals surface area contributed by atoms with Gasteiger partial charge in [-0.15, -0.1) is 0 Å². The van der Waals surface area contributed by atoms with E-state index in [2.05, 4.69) is 4.28 Å². The maximum Gasteiger partial charge on any atom is 0.460 e. The number of hydrogen-bond donors (Lipinski definition) is 0. The van der Waals surface area contributed by atoms with Crippen molar-refractivity contribution in [2.24, 2.45) is 5.16 Å². The second-order valence-electron chi connectivity index (χ2n) is 9.73. The average molecular weight is 755 g/mol. The first-order valence-corrected chi connectivity index (χ1v) is 13.9. The predicted octanol–water partition coefficient (Wildman–Crippen LogP) is 9.67. The summed E-state index contributed by atoms with van der Waals surface area (Å²) in [4.78, 5) is 0. The third-order valence-electron chi connectivity index (χ3n) is 6.52. The second-order valence-corrected chi connectivity index (χ2v) is 11.3. The first kappa shape index (κ1) is 39.3. The summed E-state index contributed by atoms with van der Waals surface area (Å²) in [6.45, 7) is 0. The van der Waals surface area contributed by atoms with Crippen molar-refractivity contribution in [2.75, 3.05) is 0 Å². The number of hydrogen-bond acceptors (Lipinski definition) is 4. The first-order valence-electron chi connectivity index (χ1n) is 12.5. The third kappa shape index (κ3) is 6.62. The van der Waals surface area contributed by atoms with Crippen molar-refractivity contribution in [2.45, 2.75) is 47.5 Å². The van der Waals surface area contributed by atoms with Crippen LogP contribution in [0.25, 0.3) is 22.3 Å². The lowest BCUT2D eigenvalue weighted by Gasteiger charge is -2.33. The van der Waals surface area contributed by atoms with Gasteiger partial charge < -0.3 is 0 Å². The van der Waals surface area contributed by atoms with Crippen molar-refractivity contribution < 1.29 is 87.3 Å². The van der Waals surface area contributed by atoms with E-state index in [4.69, 9.17) is 0 Å². The molecule has 0 saturated carbocycles. The van der Waals surface area contributed by atoms with E-state index in [1.807, 2.05) is 0 Å². The zero-order valence-electron chi connectivity index (χ0n) is 23.1. The molecule has 0 heterocycles. The van der Waals surface area contributed by atoms with E-state index in [1.54, 1.807) is 30.3 Å². The maximum atomic E-state index is 14.9. The Kier molecular flexibility index (Phi) is 10.2. The van der Waals surface area contributed by atoms with Gasteiger partial charge in [-0.3, -0.25) is 4.28 Å². The molecular weight excluding hydrogens is 741 g/mol. The van der Waals surface area contributed by atoms with Gasteiger partial charge in [0.25, 0.3) is 0 Å². The highest BCUT2D eigenvalue weighted by molar-refractivity contribution is 7.87. The van der Waals surface area contributed by atoms with Crippen LogP contribution in [-0.4, -0.2) is 61.6 Å². The molecule has 0 aliphatic carbocycles. The molecule has 3 aromatic rings. The summed E-state index contributed by atoms with van der Waals surface area (Å²) in [6, 6.07) is 16.1. The number of rotatable bonds is 12. The molecule has 0 amide bonds. The summed E-state index contributed by atoms with van der Waals surface area (Å²) in [6.07, 6.45) is -13.2. The van der Waals surface area contributed by atoms with Gasteiger partial charge in [0.15, 0.2) is 5.71 Å². The molecule has 0 N–H and O–H groups in total. The van der Waals surface area contributed by atoms with Crippen molar-refractivity contribution >= 4 is 15.8 Å². The van der Waals surface area contributed by atoms with Crippen LogP contribution in [0.1, 0.15) is 5.56 Å². The third-order valence-corrected chi connectivity index (χ3v) is 7.68. The molecule has 22 heteroatoms. The van der Waals surface area contributed by atoms with Gasteiger partial charge in [0.2, 0.25) is 0 Å². The molecule has 0 fully saturated rings. The van der Waals surface area contributed by atoms with Crippen LogP contribution in [0, 0.1) is 0 Å².